The molecule has 0 unspecified atom stereocenters. The maximum absolute atomic E-state index is 9.40. The van der Waals surface area contributed by atoms with E-state index < -0.39 is 0 Å². The fraction of sp³-hybridized carbons (Fsp3) is 0.533. The van der Waals surface area contributed by atoms with Gasteiger partial charge in [0.25, 0.3) is 0 Å². The summed E-state index contributed by atoms with van der Waals surface area (Å²) in [7, 11) is 0. The predicted molar refractivity (Wildman–Crippen MR) is 81.9 cm³/mol. The van der Waals surface area contributed by atoms with Gasteiger partial charge >= 0.3 is 0 Å². The number of hydrogen-bond acceptors (Lipinski definition) is 4. The molecule has 0 amide bonds. The van der Waals surface area contributed by atoms with Crippen molar-refractivity contribution in [3.8, 4) is 6.07 Å². The second kappa shape index (κ2) is 6.83. The van der Waals surface area contributed by atoms with Crippen molar-refractivity contribution in [3.05, 3.63) is 23.8 Å². The molecule has 0 bridgehead atoms. The molecule has 1 fully saturated rings. The molecule has 102 valence electrons. The predicted octanol–water partition coefficient (Wildman–Crippen LogP) is 2.81. The van der Waals surface area contributed by atoms with E-state index in [4.69, 9.17) is 0 Å². The number of nitrogens with zero attached hydrogens (tertiary/aromatic N) is 3. The SMILES string of the molecule is CCCN1CCN(c2cccc(SC)c2C#N)CC1. The lowest BCUT2D eigenvalue weighted by atomic mass is 10.1. The second-order valence-electron chi connectivity index (χ2n) is 4.79. The highest BCUT2D eigenvalue weighted by Gasteiger charge is 2.19. The molecule has 0 N–H and O–H groups in total. The summed E-state index contributed by atoms with van der Waals surface area (Å²) in [6.07, 6.45) is 3.24. The summed E-state index contributed by atoms with van der Waals surface area (Å²) >= 11 is 1.65. The van der Waals surface area contributed by atoms with Crippen molar-refractivity contribution < 1.29 is 0 Å². The van der Waals surface area contributed by atoms with Gasteiger partial charge in [-0.2, -0.15) is 5.26 Å². The van der Waals surface area contributed by atoms with Crippen molar-refractivity contribution in [1.29, 1.82) is 5.26 Å². The Hall–Kier alpha value is -1.18. The Morgan fingerprint density at radius 1 is 1.26 bits per heavy atom. The van der Waals surface area contributed by atoms with Gasteiger partial charge in [-0.05, 0) is 31.4 Å². The van der Waals surface area contributed by atoms with Gasteiger partial charge in [-0.15, -0.1) is 11.8 Å². The minimum atomic E-state index is 0.832. The number of benzene rings is 1. The monoisotopic (exact) mass is 275 g/mol. The van der Waals surface area contributed by atoms with Gasteiger partial charge in [0.1, 0.15) is 6.07 Å². The van der Waals surface area contributed by atoms with Crippen LogP contribution in [0.1, 0.15) is 18.9 Å². The minimum Gasteiger partial charge on any atom is -0.368 e. The Labute approximate surface area is 120 Å². The average molecular weight is 275 g/mol. The smallest absolute Gasteiger partial charge is 0.103 e. The van der Waals surface area contributed by atoms with Crippen LogP contribution in [-0.2, 0) is 0 Å². The van der Waals surface area contributed by atoms with E-state index in [-0.39, 0.29) is 0 Å². The maximum Gasteiger partial charge on any atom is 0.103 e. The van der Waals surface area contributed by atoms with E-state index in [0.717, 1.165) is 42.3 Å². The fourth-order valence-corrected chi connectivity index (χ4v) is 3.16. The first-order chi connectivity index (χ1) is 9.30. The van der Waals surface area contributed by atoms with Gasteiger partial charge in [0, 0.05) is 31.1 Å². The normalized spacial score (nSPS) is 16.4. The van der Waals surface area contributed by atoms with E-state index >= 15 is 0 Å². The lowest BCUT2D eigenvalue weighted by molar-refractivity contribution is 0.258. The first-order valence-electron chi connectivity index (χ1n) is 6.84. The minimum absolute atomic E-state index is 0.832. The summed E-state index contributed by atoms with van der Waals surface area (Å²) in [5.41, 5.74) is 1.93. The summed E-state index contributed by atoms with van der Waals surface area (Å²) < 4.78 is 0. The van der Waals surface area contributed by atoms with Crippen LogP contribution in [0, 0.1) is 11.3 Å². The third-order valence-corrected chi connectivity index (χ3v) is 4.37. The molecule has 1 aromatic rings. The highest BCUT2D eigenvalue weighted by molar-refractivity contribution is 7.98. The van der Waals surface area contributed by atoms with Gasteiger partial charge in [-0.25, -0.2) is 0 Å². The first-order valence-corrected chi connectivity index (χ1v) is 8.07. The van der Waals surface area contributed by atoms with E-state index in [1.54, 1.807) is 11.8 Å². The van der Waals surface area contributed by atoms with Crippen molar-refractivity contribution in [2.45, 2.75) is 18.2 Å². The molecule has 0 aliphatic carbocycles. The number of thioether (sulfide) groups is 1. The van der Waals surface area contributed by atoms with Gasteiger partial charge in [-0.3, -0.25) is 4.90 Å². The van der Waals surface area contributed by atoms with Crippen molar-refractivity contribution in [1.82, 2.24) is 4.90 Å². The lowest BCUT2D eigenvalue weighted by Crippen LogP contribution is -2.46. The van der Waals surface area contributed by atoms with E-state index in [1.165, 1.54) is 13.0 Å². The maximum atomic E-state index is 9.40. The van der Waals surface area contributed by atoms with Gasteiger partial charge in [0.2, 0.25) is 0 Å². The zero-order valence-electron chi connectivity index (χ0n) is 11.7. The third-order valence-electron chi connectivity index (χ3n) is 3.59. The molecule has 0 aromatic heterocycles. The van der Waals surface area contributed by atoms with Crippen molar-refractivity contribution >= 4 is 17.4 Å². The Balaban J connectivity index is 2.14. The molecule has 1 aromatic carbocycles. The lowest BCUT2D eigenvalue weighted by Gasteiger charge is -2.36. The van der Waals surface area contributed by atoms with Crippen LogP contribution in [-0.4, -0.2) is 43.9 Å². The molecule has 1 aliphatic heterocycles. The molecule has 1 aliphatic rings. The number of anilines is 1. The third kappa shape index (κ3) is 3.23. The zero-order valence-corrected chi connectivity index (χ0v) is 12.5. The first kappa shape index (κ1) is 14.2. The second-order valence-corrected chi connectivity index (χ2v) is 5.64. The largest absolute Gasteiger partial charge is 0.368 e. The Morgan fingerprint density at radius 2 is 2.00 bits per heavy atom. The Morgan fingerprint density at radius 3 is 2.58 bits per heavy atom. The van der Waals surface area contributed by atoms with Crippen LogP contribution in [0.5, 0.6) is 0 Å². The highest BCUT2D eigenvalue weighted by atomic mass is 32.2. The molecule has 0 atom stereocenters. The number of hydrogen-bond donors (Lipinski definition) is 0. The van der Waals surface area contributed by atoms with E-state index in [2.05, 4.69) is 34.9 Å². The van der Waals surface area contributed by atoms with Crippen LogP contribution in [0.4, 0.5) is 5.69 Å². The molecule has 4 heteroatoms. The number of piperazine rings is 1. The summed E-state index contributed by atoms with van der Waals surface area (Å²) in [5.74, 6) is 0. The summed E-state index contributed by atoms with van der Waals surface area (Å²) in [5, 5.41) is 9.40. The molecular weight excluding hydrogens is 254 g/mol. The molecule has 2 rings (SSSR count). The van der Waals surface area contributed by atoms with Crippen LogP contribution >= 0.6 is 11.8 Å². The number of nitriles is 1. The molecule has 1 saturated heterocycles. The van der Waals surface area contributed by atoms with Gasteiger partial charge in [0.15, 0.2) is 0 Å². The van der Waals surface area contributed by atoms with E-state index in [0.29, 0.717) is 0 Å². The van der Waals surface area contributed by atoms with Gasteiger partial charge < -0.3 is 4.90 Å². The highest BCUT2D eigenvalue weighted by Crippen LogP contribution is 2.29. The molecule has 0 spiro atoms. The fourth-order valence-electron chi connectivity index (χ4n) is 2.59. The van der Waals surface area contributed by atoms with Crippen LogP contribution in [0.2, 0.25) is 0 Å². The van der Waals surface area contributed by atoms with Crippen molar-refractivity contribution in [2.24, 2.45) is 0 Å². The van der Waals surface area contributed by atoms with Gasteiger partial charge in [0.05, 0.1) is 11.3 Å². The molecular formula is C15H21N3S. The van der Waals surface area contributed by atoms with Crippen LogP contribution in [0.15, 0.2) is 23.1 Å². The van der Waals surface area contributed by atoms with Crippen molar-refractivity contribution in [3.63, 3.8) is 0 Å². The topological polar surface area (TPSA) is 30.3 Å². The quantitative estimate of drug-likeness (QED) is 0.791. The standard InChI is InChI=1S/C15H21N3S/c1-3-7-17-8-10-18(11-9-17)14-5-4-6-15(19-2)13(14)12-16/h4-6H,3,7-11H2,1-2H3. The molecule has 19 heavy (non-hydrogen) atoms. The van der Waals surface area contributed by atoms with Crippen LogP contribution in [0.25, 0.3) is 0 Å². The Bertz CT molecular complexity index is 459. The van der Waals surface area contributed by atoms with Gasteiger partial charge in [-0.1, -0.05) is 13.0 Å². The molecule has 3 nitrogen and oxygen atoms in total. The molecule has 0 radical (unpaired) electrons. The van der Waals surface area contributed by atoms with E-state index in [1.807, 2.05) is 12.3 Å². The Kier molecular flexibility index (Phi) is 5.12. The summed E-state index contributed by atoms with van der Waals surface area (Å²) in [4.78, 5) is 5.93. The summed E-state index contributed by atoms with van der Waals surface area (Å²) in [6.45, 7) is 7.65. The van der Waals surface area contributed by atoms with Crippen molar-refractivity contribution in [2.75, 3.05) is 43.9 Å². The summed E-state index contributed by atoms with van der Waals surface area (Å²) in [6, 6.07) is 8.53. The van der Waals surface area contributed by atoms with E-state index in [9.17, 15) is 5.26 Å². The van der Waals surface area contributed by atoms with Crippen LogP contribution in [0.3, 0.4) is 0 Å². The molecule has 0 saturated carbocycles. The van der Waals surface area contributed by atoms with Crippen LogP contribution < -0.4 is 4.90 Å². The average Bonchev–Trinajstić information content (AvgIpc) is 2.47. The number of rotatable bonds is 4. The molecule has 1 heterocycles. The zero-order chi connectivity index (χ0) is 13.7.